The maximum absolute atomic E-state index is 12.2. The van der Waals surface area contributed by atoms with Gasteiger partial charge < -0.3 is 13.9 Å². The van der Waals surface area contributed by atoms with Gasteiger partial charge in [0.05, 0.1) is 5.69 Å². The Morgan fingerprint density at radius 2 is 2.10 bits per heavy atom. The minimum Gasteiger partial charge on any atom is -0.351 e. The molecular weight excluding hydrogens is 272 g/mol. The van der Waals surface area contributed by atoms with Gasteiger partial charge in [-0.25, -0.2) is 0 Å². The number of amides is 1. The minimum absolute atomic E-state index is 0.103. The third-order valence-corrected chi connectivity index (χ3v) is 3.77. The number of rotatable bonds is 3. The highest BCUT2D eigenvalue weighted by Gasteiger charge is 2.29. The van der Waals surface area contributed by atoms with Crippen molar-refractivity contribution in [3.63, 3.8) is 0 Å². The van der Waals surface area contributed by atoms with Gasteiger partial charge in [0.1, 0.15) is 0 Å². The average molecular weight is 290 g/mol. The Balaban J connectivity index is 1.61. The summed E-state index contributed by atoms with van der Waals surface area (Å²) >= 11 is 0. The highest BCUT2D eigenvalue weighted by molar-refractivity contribution is 5.91. The normalized spacial score (nSPS) is 16.4. The molecule has 1 saturated heterocycles. The topological polar surface area (TPSA) is 85.3 Å². The molecule has 0 bridgehead atoms. The predicted molar refractivity (Wildman–Crippen MR) is 72.8 cm³/mol. The molecular formula is C14H18N4O3. The number of hydrogen-bond donors (Lipinski definition) is 0. The van der Waals surface area contributed by atoms with Gasteiger partial charge in [-0.15, -0.1) is 0 Å². The third-order valence-electron chi connectivity index (χ3n) is 3.77. The molecule has 21 heavy (non-hydrogen) atoms. The van der Waals surface area contributed by atoms with Crippen LogP contribution in [0, 0.1) is 6.92 Å². The summed E-state index contributed by atoms with van der Waals surface area (Å²) in [5.41, 5.74) is 0.714. The van der Waals surface area contributed by atoms with Gasteiger partial charge in [-0.3, -0.25) is 4.79 Å². The van der Waals surface area contributed by atoms with Gasteiger partial charge in [0.2, 0.25) is 11.7 Å². The molecule has 112 valence electrons. The zero-order chi connectivity index (χ0) is 14.8. The molecule has 0 atom stereocenters. The third kappa shape index (κ3) is 2.81. The summed E-state index contributed by atoms with van der Waals surface area (Å²) in [6, 6.07) is 1.67. The van der Waals surface area contributed by atoms with E-state index in [1.54, 1.807) is 17.9 Å². The number of likely N-dealkylation sites (tertiary alicyclic amines) is 1. The average Bonchev–Trinajstić information content (AvgIpc) is 3.15. The zero-order valence-electron chi connectivity index (χ0n) is 12.2. The van der Waals surface area contributed by atoms with Gasteiger partial charge in [0, 0.05) is 31.5 Å². The monoisotopic (exact) mass is 290 g/mol. The van der Waals surface area contributed by atoms with Crippen LogP contribution in [0.5, 0.6) is 0 Å². The van der Waals surface area contributed by atoms with Crippen molar-refractivity contribution >= 4 is 5.91 Å². The van der Waals surface area contributed by atoms with E-state index < -0.39 is 0 Å². The van der Waals surface area contributed by atoms with E-state index in [-0.39, 0.29) is 11.8 Å². The smallest absolute Gasteiger partial charge is 0.292 e. The Hall–Kier alpha value is -2.18. The van der Waals surface area contributed by atoms with E-state index >= 15 is 0 Å². The zero-order valence-corrected chi connectivity index (χ0v) is 12.2. The van der Waals surface area contributed by atoms with Gasteiger partial charge >= 0.3 is 0 Å². The first-order valence-electron chi connectivity index (χ1n) is 7.22. The summed E-state index contributed by atoms with van der Waals surface area (Å²) in [6.07, 6.45) is 2.42. The van der Waals surface area contributed by atoms with Gasteiger partial charge in [-0.05, 0) is 19.8 Å². The van der Waals surface area contributed by atoms with Crippen LogP contribution in [0.3, 0.4) is 0 Å². The van der Waals surface area contributed by atoms with Crippen LogP contribution in [0.4, 0.5) is 0 Å². The summed E-state index contributed by atoms with van der Waals surface area (Å²) in [6.45, 7) is 5.11. The molecule has 0 saturated carbocycles. The van der Waals surface area contributed by atoms with Crippen molar-refractivity contribution in [2.75, 3.05) is 13.1 Å². The van der Waals surface area contributed by atoms with Crippen LogP contribution in [0.25, 0.3) is 0 Å². The molecule has 3 heterocycles. The molecule has 3 rings (SSSR count). The van der Waals surface area contributed by atoms with Crippen molar-refractivity contribution < 1.29 is 13.8 Å². The van der Waals surface area contributed by atoms with Crippen molar-refractivity contribution in [1.29, 1.82) is 0 Å². The fourth-order valence-corrected chi connectivity index (χ4v) is 2.53. The molecule has 1 fully saturated rings. The van der Waals surface area contributed by atoms with Crippen molar-refractivity contribution in [3.05, 3.63) is 29.2 Å². The molecule has 1 aliphatic rings. The van der Waals surface area contributed by atoms with Crippen LogP contribution >= 0.6 is 0 Å². The number of carbonyl (C=O) groups is 1. The lowest BCUT2D eigenvalue weighted by molar-refractivity contribution is 0.0662. The van der Waals surface area contributed by atoms with Gasteiger partial charge in [0.15, 0.2) is 5.82 Å². The lowest BCUT2D eigenvalue weighted by Crippen LogP contribution is -2.37. The highest BCUT2D eigenvalue weighted by atomic mass is 16.5. The highest BCUT2D eigenvalue weighted by Crippen LogP contribution is 2.27. The summed E-state index contributed by atoms with van der Waals surface area (Å²) in [5, 5.41) is 7.68. The van der Waals surface area contributed by atoms with Gasteiger partial charge in [-0.2, -0.15) is 4.98 Å². The standard InChI is InChI=1S/C14H18N4O3/c1-3-12-15-13(21-17-12)10-4-6-18(7-5-10)14(19)11-8-9(2)16-20-11/h8,10H,3-7H2,1-2H3. The molecule has 1 aliphatic heterocycles. The number of piperidine rings is 1. The van der Waals surface area contributed by atoms with Crippen LogP contribution in [0.15, 0.2) is 15.1 Å². The number of nitrogens with zero attached hydrogens (tertiary/aromatic N) is 4. The van der Waals surface area contributed by atoms with Crippen molar-refractivity contribution in [1.82, 2.24) is 20.2 Å². The van der Waals surface area contributed by atoms with Crippen molar-refractivity contribution in [3.8, 4) is 0 Å². The van der Waals surface area contributed by atoms with E-state index in [9.17, 15) is 4.79 Å². The second kappa shape index (κ2) is 5.67. The molecule has 0 aromatic carbocycles. The molecule has 0 unspecified atom stereocenters. The first-order valence-corrected chi connectivity index (χ1v) is 7.22. The molecule has 0 N–H and O–H groups in total. The lowest BCUT2D eigenvalue weighted by Gasteiger charge is -2.29. The largest absolute Gasteiger partial charge is 0.351 e. The Morgan fingerprint density at radius 1 is 1.33 bits per heavy atom. The van der Waals surface area contributed by atoms with Crippen LogP contribution in [-0.4, -0.2) is 39.2 Å². The summed E-state index contributed by atoms with van der Waals surface area (Å²) < 4.78 is 10.3. The molecule has 7 nitrogen and oxygen atoms in total. The Kier molecular flexibility index (Phi) is 3.72. The predicted octanol–water partition coefficient (Wildman–Crippen LogP) is 1.95. The Morgan fingerprint density at radius 3 is 2.67 bits per heavy atom. The summed E-state index contributed by atoms with van der Waals surface area (Å²) in [4.78, 5) is 18.4. The van der Waals surface area contributed by atoms with E-state index in [2.05, 4.69) is 15.3 Å². The van der Waals surface area contributed by atoms with Gasteiger partial charge in [-0.1, -0.05) is 17.2 Å². The fraction of sp³-hybridized carbons (Fsp3) is 0.571. The van der Waals surface area contributed by atoms with Crippen LogP contribution < -0.4 is 0 Å². The fourth-order valence-electron chi connectivity index (χ4n) is 2.53. The first kappa shape index (κ1) is 13.8. The van der Waals surface area contributed by atoms with E-state index in [0.717, 1.165) is 25.1 Å². The maximum atomic E-state index is 12.2. The Labute approximate surface area is 122 Å². The molecule has 1 amide bonds. The van der Waals surface area contributed by atoms with Crippen molar-refractivity contribution in [2.24, 2.45) is 0 Å². The number of aromatic nitrogens is 3. The minimum atomic E-state index is -0.103. The second-order valence-electron chi connectivity index (χ2n) is 5.30. The molecule has 0 radical (unpaired) electrons. The molecule has 7 heteroatoms. The van der Waals surface area contributed by atoms with E-state index in [4.69, 9.17) is 9.05 Å². The van der Waals surface area contributed by atoms with Gasteiger partial charge in [0.25, 0.3) is 5.91 Å². The van der Waals surface area contributed by atoms with E-state index in [1.165, 1.54) is 0 Å². The molecule has 0 aliphatic carbocycles. The van der Waals surface area contributed by atoms with E-state index in [1.807, 2.05) is 6.92 Å². The summed E-state index contributed by atoms with van der Waals surface area (Å²) in [7, 11) is 0. The van der Waals surface area contributed by atoms with Crippen LogP contribution in [-0.2, 0) is 6.42 Å². The molecule has 0 spiro atoms. The lowest BCUT2D eigenvalue weighted by atomic mass is 9.96. The van der Waals surface area contributed by atoms with Crippen molar-refractivity contribution in [2.45, 2.75) is 39.0 Å². The SMILES string of the molecule is CCc1noc(C2CCN(C(=O)c3cc(C)no3)CC2)n1. The molecule has 2 aromatic heterocycles. The number of hydrogen-bond acceptors (Lipinski definition) is 6. The van der Waals surface area contributed by atoms with E-state index in [0.29, 0.717) is 30.4 Å². The van der Waals surface area contributed by atoms with Crippen LogP contribution in [0.2, 0.25) is 0 Å². The molecule has 2 aromatic rings. The second-order valence-corrected chi connectivity index (χ2v) is 5.30. The maximum Gasteiger partial charge on any atom is 0.292 e. The number of carbonyl (C=O) groups excluding carboxylic acids is 1. The summed E-state index contributed by atoms with van der Waals surface area (Å²) in [5.74, 6) is 1.86. The Bertz CT molecular complexity index is 626. The quantitative estimate of drug-likeness (QED) is 0.858. The van der Waals surface area contributed by atoms with Crippen LogP contribution in [0.1, 0.15) is 53.6 Å². The first-order chi connectivity index (χ1) is 10.2. The number of aryl methyl sites for hydroxylation is 2.